The Bertz CT molecular complexity index is 1330. The van der Waals surface area contributed by atoms with Crippen LogP contribution in [0.1, 0.15) is 53.6 Å². The maximum atomic E-state index is 13.3. The van der Waals surface area contributed by atoms with Crippen molar-refractivity contribution in [3.8, 4) is 11.5 Å². The van der Waals surface area contributed by atoms with Crippen LogP contribution in [0, 0.1) is 6.92 Å². The van der Waals surface area contributed by atoms with Crippen LogP contribution in [0.2, 0.25) is 0 Å². The molecule has 0 bridgehead atoms. The summed E-state index contributed by atoms with van der Waals surface area (Å²) in [6, 6.07) is 9.28. The highest BCUT2D eigenvalue weighted by molar-refractivity contribution is 6.04. The van der Waals surface area contributed by atoms with Gasteiger partial charge in [-0.1, -0.05) is 11.2 Å². The molecule has 1 N–H and O–H groups in total. The first-order chi connectivity index (χ1) is 15.9. The lowest BCUT2D eigenvalue weighted by atomic mass is 10.1. The van der Waals surface area contributed by atoms with Gasteiger partial charge in [-0.25, -0.2) is 9.37 Å². The highest BCUT2D eigenvalue weighted by atomic mass is 19.1. The van der Waals surface area contributed by atoms with Gasteiger partial charge in [0.2, 0.25) is 0 Å². The summed E-state index contributed by atoms with van der Waals surface area (Å²) in [4.78, 5) is 21.7. The number of imidazole rings is 1. The third-order valence-corrected chi connectivity index (χ3v) is 5.61. The predicted octanol–water partition coefficient (Wildman–Crippen LogP) is 4.70. The number of aryl methyl sites for hydroxylation is 1. The number of benzene rings is 1. The lowest BCUT2D eigenvalue weighted by Crippen LogP contribution is -2.15. The number of rotatable bonds is 7. The van der Waals surface area contributed by atoms with Crippen molar-refractivity contribution in [1.82, 2.24) is 19.5 Å². The van der Waals surface area contributed by atoms with E-state index in [0.717, 1.165) is 11.1 Å². The molecule has 1 fully saturated rings. The van der Waals surface area contributed by atoms with Gasteiger partial charge < -0.3 is 14.6 Å². The van der Waals surface area contributed by atoms with Crippen molar-refractivity contribution >= 4 is 17.2 Å². The van der Waals surface area contributed by atoms with Gasteiger partial charge in [-0.2, -0.15) is 4.98 Å². The number of halogens is 1. The van der Waals surface area contributed by atoms with E-state index in [-0.39, 0.29) is 17.9 Å². The highest BCUT2D eigenvalue weighted by Gasteiger charge is 2.42. The molecule has 0 spiro atoms. The number of alkyl halides is 1. The molecule has 1 saturated carbocycles. The second-order valence-electron chi connectivity index (χ2n) is 8.57. The molecule has 5 rings (SSSR count). The number of fused-ring (bicyclic) bond motifs is 1. The predicted molar refractivity (Wildman–Crippen MR) is 120 cm³/mol. The summed E-state index contributed by atoms with van der Waals surface area (Å²) in [6.07, 6.45) is 3.03. The molecule has 4 aromatic rings. The van der Waals surface area contributed by atoms with E-state index in [1.54, 1.807) is 16.7 Å². The largest absolute Gasteiger partial charge is 0.374 e. The Morgan fingerprint density at radius 3 is 2.91 bits per heavy atom. The van der Waals surface area contributed by atoms with Crippen molar-refractivity contribution in [2.24, 2.45) is 0 Å². The molecule has 1 amide bonds. The van der Waals surface area contributed by atoms with Crippen molar-refractivity contribution in [3.05, 3.63) is 65.4 Å². The van der Waals surface area contributed by atoms with Crippen LogP contribution in [-0.2, 0) is 11.3 Å². The number of ether oxygens (including phenoxy) is 1. The number of carbonyl (C=O) groups is 1. The van der Waals surface area contributed by atoms with Crippen LogP contribution < -0.4 is 5.32 Å². The topological polar surface area (TPSA) is 94.6 Å². The molecule has 3 aromatic heterocycles. The third-order valence-electron chi connectivity index (χ3n) is 5.61. The molecule has 9 heteroatoms. The Morgan fingerprint density at radius 2 is 2.15 bits per heavy atom. The van der Waals surface area contributed by atoms with E-state index in [4.69, 9.17) is 9.26 Å². The summed E-state index contributed by atoms with van der Waals surface area (Å²) < 4.78 is 26.0. The number of nitrogens with one attached hydrogen (secondary N) is 1. The van der Waals surface area contributed by atoms with Crippen LogP contribution >= 0.6 is 0 Å². The Balaban J connectivity index is 1.35. The van der Waals surface area contributed by atoms with Gasteiger partial charge in [0.15, 0.2) is 5.82 Å². The van der Waals surface area contributed by atoms with Crippen LogP contribution in [0.4, 0.5) is 10.1 Å². The number of pyridine rings is 1. The molecule has 1 aromatic carbocycles. The van der Waals surface area contributed by atoms with Gasteiger partial charge in [-0.15, -0.1) is 0 Å². The zero-order chi connectivity index (χ0) is 23.1. The van der Waals surface area contributed by atoms with Crippen LogP contribution in [0.15, 0.2) is 47.2 Å². The summed E-state index contributed by atoms with van der Waals surface area (Å²) >= 11 is 0. The number of hydrogen-bond acceptors (Lipinski definition) is 6. The number of carbonyl (C=O) groups excluding carboxylic acids is 1. The van der Waals surface area contributed by atoms with E-state index < -0.39 is 6.17 Å². The molecule has 3 heterocycles. The lowest BCUT2D eigenvalue weighted by molar-refractivity contribution is 0.0657. The monoisotopic (exact) mass is 449 g/mol. The number of amides is 1. The fourth-order valence-corrected chi connectivity index (χ4v) is 3.55. The average Bonchev–Trinajstić information content (AvgIpc) is 3.17. The van der Waals surface area contributed by atoms with Crippen molar-refractivity contribution in [1.29, 1.82) is 0 Å². The second-order valence-corrected chi connectivity index (χ2v) is 8.57. The quantitative estimate of drug-likeness (QED) is 0.440. The Morgan fingerprint density at radius 1 is 1.33 bits per heavy atom. The van der Waals surface area contributed by atoms with Gasteiger partial charge in [0.1, 0.15) is 17.5 Å². The van der Waals surface area contributed by atoms with E-state index in [0.29, 0.717) is 47.3 Å². The molecule has 0 unspecified atom stereocenters. The average molecular weight is 449 g/mol. The minimum atomic E-state index is -0.896. The third kappa shape index (κ3) is 4.36. The van der Waals surface area contributed by atoms with E-state index in [1.807, 2.05) is 51.2 Å². The normalized spacial score (nSPS) is 17.6. The summed E-state index contributed by atoms with van der Waals surface area (Å²) in [5, 5.41) is 6.83. The van der Waals surface area contributed by atoms with Crippen molar-refractivity contribution in [2.75, 3.05) is 5.32 Å². The van der Waals surface area contributed by atoms with Crippen molar-refractivity contribution < 1.29 is 18.4 Å². The van der Waals surface area contributed by atoms with Gasteiger partial charge in [-0.05, 0) is 62.6 Å². The zero-order valence-electron chi connectivity index (χ0n) is 18.6. The molecule has 1 aliphatic carbocycles. The zero-order valence-corrected chi connectivity index (χ0v) is 18.6. The molecule has 1 aliphatic rings. The summed E-state index contributed by atoms with van der Waals surface area (Å²) in [7, 11) is 0. The Labute approximate surface area is 189 Å². The first-order valence-corrected chi connectivity index (χ1v) is 10.9. The molecule has 0 saturated heterocycles. The van der Waals surface area contributed by atoms with Gasteiger partial charge in [0.25, 0.3) is 11.8 Å². The molecule has 2 atom stereocenters. The molecule has 33 heavy (non-hydrogen) atoms. The van der Waals surface area contributed by atoms with E-state index >= 15 is 0 Å². The van der Waals surface area contributed by atoms with Gasteiger partial charge in [0.05, 0.1) is 24.8 Å². The number of anilines is 1. The van der Waals surface area contributed by atoms with Gasteiger partial charge >= 0.3 is 0 Å². The molecule has 170 valence electrons. The smallest absolute Gasteiger partial charge is 0.274 e. The first kappa shape index (κ1) is 21.3. The van der Waals surface area contributed by atoms with E-state index in [2.05, 4.69) is 20.4 Å². The SMILES string of the molecule is Cc1ccc(-c2nc([C@H]3C[C@@H]3F)no2)cc1NC(=O)c1cnc2cc(COC(C)C)ccn12. The van der Waals surface area contributed by atoms with E-state index in [1.165, 1.54) is 0 Å². The maximum Gasteiger partial charge on any atom is 0.274 e. The van der Waals surface area contributed by atoms with Crippen LogP contribution in [-0.4, -0.2) is 37.7 Å². The summed E-state index contributed by atoms with van der Waals surface area (Å²) in [6.45, 7) is 6.35. The Hall–Kier alpha value is -3.59. The van der Waals surface area contributed by atoms with Crippen LogP contribution in [0.3, 0.4) is 0 Å². The minimum absolute atomic E-state index is 0.134. The summed E-state index contributed by atoms with van der Waals surface area (Å²) in [5.41, 5.74) is 4.21. The molecular weight excluding hydrogens is 425 g/mol. The first-order valence-electron chi connectivity index (χ1n) is 10.9. The minimum Gasteiger partial charge on any atom is -0.374 e. The standard InChI is InChI=1S/C24H24FN5O3/c1-13(2)32-12-15-6-7-30-20(11-26-21(30)8-15)23(31)27-19-9-16(5-4-14(19)3)24-28-22(29-33-24)17-10-18(17)25/h4-9,11,13,17-18H,10,12H2,1-3H3,(H,27,31)/t17-,18-/m0/s1. The molecule has 8 nitrogen and oxygen atoms in total. The molecule has 0 radical (unpaired) electrons. The maximum absolute atomic E-state index is 13.3. The number of aromatic nitrogens is 4. The van der Waals surface area contributed by atoms with Gasteiger partial charge in [0, 0.05) is 17.4 Å². The highest BCUT2D eigenvalue weighted by Crippen LogP contribution is 2.42. The fourth-order valence-electron chi connectivity index (χ4n) is 3.55. The van der Waals surface area contributed by atoms with Crippen LogP contribution in [0.5, 0.6) is 0 Å². The summed E-state index contributed by atoms with van der Waals surface area (Å²) in [5.74, 6) is 0.108. The van der Waals surface area contributed by atoms with E-state index in [9.17, 15) is 9.18 Å². The second kappa shape index (κ2) is 8.40. The number of nitrogens with zero attached hydrogens (tertiary/aromatic N) is 4. The number of hydrogen-bond donors (Lipinski definition) is 1. The van der Waals surface area contributed by atoms with Crippen molar-refractivity contribution in [2.45, 2.75) is 52.0 Å². The van der Waals surface area contributed by atoms with Crippen LogP contribution in [0.25, 0.3) is 17.1 Å². The fraction of sp³-hybridized carbons (Fsp3) is 0.333. The lowest BCUT2D eigenvalue weighted by Gasteiger charge is -2.10. The molecule has 0 aliphatic heterocycles. The molecular formula is C24H24FN5O3. The van der Waals surface area contributed by atoms with Gasteiger partial charge in [-0.3, -0.25) is 9.20 Å². The Kier molecular flexibility index (Phi) is 5.41. The van der Waals surface area contributed by atoms with Crippen molar-refractivity contribution in [3.63, 3.8) is 0 Å².